The lowest BCUT2D eigenvalue weighted by Gasteiger charge is -2.31. The van der Waals surface area contributed by atoms with E-state index in [1.54, 1.807) is 4.90 Å². The number of benzene rings is 1. The van der Waals surface area contributed by atoms with Gasteiger partial charge < -0.3 is 15.0 Å². The smallest absolute Gasteiger partial charge is 0.269 e. The molecule has 7 heteroatoms. The summed E-state index contributed by atoms with van der Waals surface area (Å²) in [5, 5.41) is 18.6. The van der Waals surface area contributed by atoms with Gasteiger partial charge in [0.1, 0.15) is 0 Å². The maximum Gasteiger partial charge on any atom is 0.269 e. The van der Waals surface area contributed by atoms with E-state index in [0.717, 1.165) is 24.8 Å². The van der Waals surface area contributed by atoms with Gasteiger partial charge in [0.2, 0.25) is 11.8 Å². The molecule has 0 radical (unpaired) electrons. The van der Waals surface area contributed by atoms with Crippen molar-refractivity contribution in [3.05, 3.63) is 24.3 Å². The second-order valence-corrected chi connectivity index (χ2v) is 8.10. The number of hydrogen-bond donors (Lipinski definition) is 2. The monoisotopic (exact) mass is 412 g/mol. The third-order valence-electron chi connectivity index (χ3n) is 5.78. The summed E-state index contributed by atoms with van der Waals surface area (Å²) >= 11 is 0. The molecule has 2 N–H and O–H groups in total. The molecule has 1 unspecified atom stereocenters. The van der Waals surface area contributed by atoms with Crippen molar-refractivity contribution in [3.8, 4) is 5.88 Å². The first-order chi connectivity index (χ1) is 14.6. The van der Waals surface area contributed by atoms with E-state index in [1.807, 2.05) is 24.3 Å². The number of aromatic nitrogens is 1. The largest absolute Gasteiger partial charge is 0.493 e. The Bertz CT molecular complexity index is 890. The third-order valence-corrected chi connectivity index (χ3v) is 5.78. The Morgan fingerprint density at radius 1 is 1.17 bits per heavy atom. The fourth-order valence-electron chi connectivity index (χ4n) is 4.02. The van der Waals surface area contributed by atoms with E-state index >= 15 is 0 Å². The number of hydrogen-bond acceptors (Lipinski definition) is 4. The zero-order chi connectivity index (χ0) is 21.3. The van der Waals surface area contributed by atoms with Crippen LogP contribution in [0, 0.1) is 5.92 Å². The topological polar surface area (TPSA) is 98.1 Å². The zero-order valence-electron chi connectivity index (χ0n) is 17.8. The average molecular weight is 413 g/mol. The summed E-state index contributed by atoms with van der Waals surface area (Å²) < 4.78 is 0. The molecule has 1 aromatic carbocycles. The van der Waals surface area contributed by atoms with Crippen molar-refractivity contribution in [2.24, 2.45) is 16.1 Å². The lowest BCUT2D eigenvalue weighted by Crippen LogP contribution is -2.41. The SMILES string of the molecule is CCCCCCCCC(=O)N1CCCC(C(=O)N=Nc2c(O)[nH]c3ccccc23)C1. The van der Waals surface area contributed by atoms with Crippen molar-refractivity contribution in [3.63, 3.8) is 0 Å². The van der Waals surface area contributed by atoms with Crippen molar-refractivity contribution in [2.45, 2.75) is 64.7 Å². The van der Waals surface area contributed by atoms with Crippen LogP contribution in [0.15, 0.2) is 34.5 Å². The zero-order valence-corrected chi connectivity index (χ0v) is 17.8. The highest BCUT2D eigenvalue weighted by molar-refractivity contribution is 5.94. The van der Waals surface area contributed by atoms with Crippen molar-refractivity contribution < 1.29 is 14.7 Å². The van der Waals surface area contributed by atoms with Gasteiger partial charge in [-0.2, -0.15) is 0 Å². The molecule has 0 spiro atoms. The Kier molecular flexibility index (Phi) is 7.99. The molecule has 1 saturated heterocycles. The summed E-state index contributed by atoms with van der Waals surface area (Å²) in [6.45, 7) is 3.31. The van der Waals surface area contributed by atoms with Crippen LogP contribution in [0.1, 0.15) is 64.7 Å². The number of amides is 2. The number of aromatic hydroxyl groups is 1. The molecule has 2 aromatic rings. The number of nitrogens with one attached hydrogen (secondary N) is 1. The summed E-state index contributed by atoms with van der Waals surface area (Å²) in [6, 6.07) is 7.33. The number of unbranched alkanes of at least 4 members (excludes halogenated alkanes) is 5. The minimum absolute atomic E-state index is 0.105. The van der Waals surface area contributed by atoms with Crippen LogP contribution in [-0.4, -0.2) is 39.9 Å². The van der Waals surface area contributed by atoms with Crippen LogP contribution in [-0.2, 0) is 9.59 Å². The minimum Gasteiger partial charge on any atom is -0.493 e. The third kappa shape index (κ3) is 5.68. The van der Waals surface area contributed by atoms with Crippen LogP contribution in [0.25, 0.3) is 10.9 Å². The Labute approximate surface area is 177 Å². The molecule has 30 heavy (non-hydrogen) atoms. The van der Waals surface area contributed by atoms with Crippen LogP contribution in [0.2, 0.25) is 0 Å². The van der Waals surface area contributed by atoms with Crippen LogP contribution >= 0.6 is 0 Å². The summed E-state index contributed by atoms with van der Waals surface area (Å²) in [5.41, 5.74) is 1.01. The van der Waals surface area contributed by atoms with Crippen LogP contribution < -0.4 is 0 Å². The van der Waals surface area contributed by atoms with Gasteiger partial charge in [-0.3, -0.25) is 9.59 Å². The second kappa shape index (κ2) is 10.9. The maximum absolute atomic E-state index is 12.6. The van der Waals surface area contributed by atoms with Crippen molar-refractivity contribution in [2.75, 3.05) is 13.1 Å². The van der Waals surface area contributed by atoms with E-state index in [-0.39, 0.29) is 29.3 Å². The molecule has 0 bridgehead atoms. The van der Waals surface area contributed by atoms with Gasteiger partial charge in [0.25, 0.3) is 5.91 Å². The molecule has 162 valence electrons. The average Bonchev–Trinajstić information content (AvgIpc) is 3.09. The molecule has 1 fully saturated rings. The van der Waals surface area contributed by atoms with Crippen molar-refractivity contribution in [1.29, 1.82) is 0 Å². The number of likely N-dealkylation sites (tertiary alicyclic amines) is 1. The molecule has 0 saturated carbocycles. The van der Waals surface area contributed by atoms with Gasteiger partial charge in [-0.1, -0.05) is 57.2 Å². The summed E-state index contributed by atoms with van der Waals surface area (Å²) in [5.74, 6) is -0.638. The summed E-state index contributed by atoms with van der Waals surface area (Å²) in [6.07, 6.45) is 8.96. The summed E-state index contributed by atoms with van der Waals surface area (Å²) in [7, 11) is 0. The van der Waals surface area contributed by atoms with Gasteiger partial charge in [-0.15, -0.1) is 10.2 Å². The molecule has 2 heterocycles. The summed E-state index contributed by atoms with van der Waals surface area (Å²) in [4.78, 5) is 29.7. The highest BCUT2D eigenvalue weighted by atomic mass is 16.3. The van der Waals surface area contributed by atoms with Crippen LogP contribution in [0.3, 0.4) is 0 Å². The Hall–Kier alpha value is -2.70. The lowest BCUT2D eigenvalue weighted by molar-refractivity contribution is -0.135. The normalized spacial score (nSPS) is 17.1. The predicted molar refractivity (Wildman–Crippen MR) is 117 cm³/mol. The van der Waals surface area contributed by atoms with Crippen molar-refractivity contribution in [1.82, 2.24) is 9.88 Å². The first-order valence-electron chi connectivity index (χ1n) is 11.1. The van der Waals surface area contributed by atoms with Crippen molar-refractivity contribution >= 4 is 28.4 Å². The Balaban J connectivity index is 1.52. The van der Waals surface area contributed by atoms with E-state index in [1.165, 1.54) is 25.7 Å². The van der Waals surface area contributed by atoms with E-state index in [2.05, 4.69) is 22.1 Å². The number of carbonyl (C=O) groups excluding carboxylic acids is 2. The quantitative estimate of drug-likeness (QED) is 0.422. The van der Waals surface area contributed by atoms with Crippen LogP contribution in [0.5, 0.6) is 5.88 Å². The van der Waals surface area contributed by atoms with Gasteiger partial charge in [0.15, 0.2) is 5.69 Å². The minimum atomic E-state index is -0.336. The molecule has 2 amide bonds. The molecule has 1 aromatic heterocycles. The molecule has 1 aliphatic rings. The fraction of sp³-hybridized carbons (Fsp3) is 0.565. The molecular formula is C23H32N4O3. The number of carbonyl (C=O) groups is 2. The first kappa shape index (κ1) is 22.0. The van der Waals surface area contributed by atoms with Gasteiger partial charge in [-0.05, 0) is 25.3 Å². The Morgan fingerprint density at radius 2 is 1.93 bits per heavy atom. The van der Waals surface area contributed by atoms with Gasteiger partial charge in [0.05, 0.1) is 11.4 Å². The molecule has 0 aliphatic carbocycles. The van der Waals surface area contributed by atoms with Crippen LogP contribution in [0.4, 0.5) is 5.69 Å². The first-order valence-corrected chi connectivity index (χ1v) is 11.1. The lowest BCUT2D eigenvalue weighted by atomic mass is 9.97. The van der Waals surface area contributed by atoms with Gasteiger partial charge >= 0.3 is 0 Å². The van der Waals surface area contributed by atoms with E-state index in [4.69, 9.17) is 0 Å². The highest BCUT2D eigenvalue weighted by Gasteiger charge is 2.28. The molecule has 1 atom stereocenters. The fourth-order valence-corrected chi connectivity index (χ4v) is 4.02. The van der Waals surface area contributed by atoms with E-state index in [0.29, 0.717) is 31.3 Å². The number of H-pyrrole nitrogens is 1. The molecular weight excluding hydrogens is 380 g/mol. The van der Waals surface area contributed by atoms with Gasteiger partial charge in [0, 0.05) is 24.9 Å². The number of aromatic amines is 1. The number of para-hydroxylation sites is 1. The number of piperidine rings is 1. The maximum atomic E-state index is 12.6. The number of fused-ring (bicyclic) bond motifs is 1. The standard InChI is InChI=1S/C23H32N4O3/c1-2-3-4-5-6-7-14-20(28)27-15-10-11-17(16-27)22(29)26-25-21-18-12-8-9-13-19(18)24-23(21)30/h8-9,12-13,17,24,30H,2-7,10-11,14-16H2,1H3. The molecule has 7 nitrogen and oxygen atoms in total. The number of nitrogens with zero attached hydrogens (tertiary/aromatic N) is 3. The van der Waals surface area contributed by atoms with E-state index < -0.39 is 0 Å². The Morgan fingerprint density at radius 3 is 2.77 bits per heavy atom. The highest BCUT2D eigenvalue weighted by Crippen LogP contribution is 2.35. The predicted octanol–water partition coefficient (Wildman–Crippen LogP) is 5.47. The van der Waals surface area contributed by atoms with E-state index in [9.17, 15) is 14.7 Å². The number of rotatable bonds is 9. The number of azo groups is 1. The van der Waals surface area contributed by atoms with Gasteiger partial charge in [-0.25, -0.2) is 0 Å². The molecule has 1 aliphatic heterocycles. The molecule has 3 rings (SSSR count). The second-order valence-electron chi connectivity index (χ2n) is 8.10.